The summed E-state index contributed by atoms with van der Waals surface area (Å²) in [5.41, 5.74) is 0.366. The molecule has 1 aromatic rings. The van der Waals surface area contributed by atoms with Crippen LogP contribution in [0.15, 0.2) is 6.33 Å². The van der Waals surface area contributed by atoms with E-state index in [4.69, 9.17) is 0 Å². The third kappa shape index (κ3) is 3.01. The van der Waals surface area contributed by atoms with Crippen LogP contribution in [0.1, 0.15) is 19.8 Å². The van der Waals surface area contributed by atoms with Crippen LogP contribution in [0.5, 0.6) is 0 Å². The molecule has 6 heteroatoms. The Morgan fingerprint density at radius 2 is 1.94 bits per heavy atom. The zero-order chi connectivity index (χ0) is 12.3. The highest BCUT2D eigenvalue weighted by Crippen LogP contribution is 2.25. The van der Waals surface area contributed by atoms with Gasteiger partial charge in [-0.2, -0.15) is 0 Å². The van der Waals surface area contributed by atoms with Gasteiger partial charge in [-0.3, -0.25) is 0 Å². The van der Waals surface area contributed by atoms with Gasteiger partial charge in [0.15, 0.2) is 0 Å². The van der Waals surface area contributed by atoms with Gasteiger partial charge in [0, 0.05) is 12.1 Å². The second kappa shape index (κ2) is 5.10. The lowest BCUT2D eigenvalue weighted by Gasteiger charge is -2.43. The van der Waals surface area contributed by atoms with Crippen molar-refractivity contribution in [3.8, 4) is 0 Å². The van der Waals surface area contributed by atoms with Gasteiger partial charge in [-0.25, -0.2) is 4.68 Å². The van der Waals surface area contributed by atoms with Crippen molar-refractivity contribution in [2.24, 2.45) is 0 Å². The number of hydrogen-bond acceptors (Lipinski definition) is 5. The zero-order valence-electron chi connectivity index (χ0n) is 11.0. The van der Waals surface area contributed by atoms with Crippen LogP contribution >= 0.6 is 0 Å². The molecule has 0 aliphatic carbocycles. The molecular weight excluding hydrogens is 216 g/mol. The molecule has 17 heavy (non-hydrogen) atoms. The molecule has 0 aromatic carbocycles. The zero-order valence-corrected chi connectivity index (χ0v) is 11.0. The Labute approximate surface area is 103 Å². The van der Waals surface area contributed by atoms with E-state index in [2.05, 4.69) is 46.3 Å². The molecule has 2 heterocycles. The quantitative estimate of drug-likeness (QED) is 0.744. The van der Waals surface area contributed by atoms with Crippen LogP contribution in [0.4, 0.5) is 0 Å². The van der Waals surface area contributed by atoms with Gasteiger partial charge in [0.1, 0.15) is 6.33 Å². The van der Waals surface area contributed by atoms with Crippen molar-refractivity contribution in [2.45, 2.75) is 31.8 Å². The van der Waals surface area contributed by atoms with Crippen LogP contribution < -0.4 is 0 Å². The standard InChI is InChI=1S/C11H22N6/c1-11(15(2)3)4-6-16(7-5-11)8-9-17-10-12-13-14-17/h10H,4-9H2,1-3H3. The van der Waals surface area contributed by atoms with E-state index >= 15 is 0 Å². The molecule has 0 spiro atoms. The minimum absolute atomic E-state index is 0.366. The van der Waals surface area contributed by atoms with Crippen LogP contribution in [0.3, 0.4) is 0 Å². The maximum atomic E-state index is 3.88. The third-order valence-electron chi connectivity index (χ3n) is 4.05. The first-order valence-corrected chi connectivity index (χ1v) is 6.21. The SMILES string of the molecule is CN(C)C1(C)CCN(CCn2cnnn2)CC1. The second-order valence-corrected chi connectivity index (χ2v) is 5.31. The number of piperidine rings is 1. The van der Waals surface area contributed by atoms with E-state index in [0.717, 1.165) is 26.2 Å². The maximum Gasteiger partial charge on any atom is 0.138 e. The van der Waals surface area contributed by atoms with Crippen molar-refractivity contribution in [3.63, 3.8) is 0 Å². The molecule has 0 bridgehead atoms. The van der Waals surface area contributed by atoms with Crippen molar-refractivity contribution >= 4 is 0 Å². The molecule has 1 aliphatic rings. The topological polar surface area (TPSA) is 50.1 Å². The molecule has 0 unspecified atom stereocenters. The summed E-state index contributed by atoms with van der Waals surface area (Å²) in [6.45, 7) is 6.60. The molecule has 0 radical (unpaired) electrons. The van der Waals surface area contributed by atoms with Gasteiger partial charge in [-0.1, -0.05) is 0 Å². The molecule has 2 rings (SSSR count). The van der Waals surface area contributed by atoms with E-state index in [1.54, 1.807) is 11.0 Å². The summed E-state index contributed by atoms with van der Waals surface area (Å²) in [6.07, 6.45) is 4.14. The Bertz CT molecular complexity index is 326. The van der Waals surface area contributed by atoms with E-state index in [1.807, 2.05) is 0 Å². The number of likely N-dealkylation sites (tertiary alicyclic amines) is 1. The van der Waals surface area contributed by atoms with Crippen molar-refractivity contribution < 1.29 is 0 Å². The Morgan fingerprint density at radius 3 is 2.47 bits per heavy atom. The molecule has 1 aromatic heterocycles. The number of nitrogens with zero attached hydrogens (tertiary/aromatic N) is 6. The average Bonchev–Trinajstić information content (AvgIpc) is 2.81. The number of hydrogen-bond donors (Lipinski definition) is 0. The summed E-state index contributed by atoms with van der Waals surface area (Å²) in [7, 11) is 4.35. The van der Waals surface area contributed by atoms with Crippen LogP contribution in [-0.2, 0) is 6.54 Å². The first-order valence-electron chi connectivity index (χ1n) is 6.21. The lowest BCUT2D eigenvalue weighted by Crippen LogP contribution is -2.51. The third-order valence-corrected chi connectivity index (χ3v) is 4.05. The number of rotatable bonds is 4. The van der Waals surface area contributed by atoms with Gasteiger partial charge < -0.3 is 9.80 Å². The van der Waals surface area contributed by atoms with Gasteiger partial charge in [-0.15, -0.1) is 5.10 Å². The highest BCUT2D eigenvalue weighted by Gasteiger charge is 2.31. The van der Waals surface area contributed by atoms with Crippen LogP contribution in [0, 0.1) is 0 Å². The summed E-state index contributed by atoms with van der Waals surface area (Å²) in [5.74, 6) is 0. The number of tetrazole rings is 1. The van der Waals surface area contributed by atoms with Gasteiger partial charge in [0.2, 0.25) is 0 Å². The fraction of sp³-hybridized carbons (Fsp3) is 0.909. The summed E-state index contributed by atoms with van der Waals surface area (Å²) in [6, 6.07) is 0. The molecule has 1 saturated heterocycles. The van der Waals surface area contributed by atoms with Crippen LogP contribution in [0.2, 0.25) is 0 Å². The predicted molar refractivity (Wildman–Crippen MR) is 65.6 cm³/mol. The Morgan fingerprint density at radius 1 is 1.24 bits per heavy atom. The molecule has 6 nitrogen and oxygen atoms in total. The first kappa shape index (κ1) is 12.4. The molecule has 1 aliphatic heterocycles. The smallest absolute Gasteiger partial charge is 0.138 e. The lowest BCUT2D eigenvalue weighted by atomic mass is 9.88. The monoisotopic (exact) mass is 238 g/mol. The molecule has 1 fully saturated rings. The molecule has 0 atom stereocenters. The fourth-order valence-electron chi connectivity index (χ4n) is 2.23. The van der Waals surface area contributed by atoms with E-state index in [-0.39, 0.29) is 0 Å². The summed E-state index contributed by atoms with van der Waals surface area (Å²) < 4.78 is 1.79. The lowest BCUT2D eigenvalue weighted by molar-refractivity contribution is 0.0689. The molecular formula is C11H22N6. The van der Waals surface area contributed by atoms with Crippen molar-refractivity contribution in [1.29, 1.82) is 0 Å². The van der Waals surface area contributed by atoms with Gasteiger partial charge in [0.25, 0.3) is 0 Å². The van der Waals surface area contributed by atoms with Crippen molar-refractivity contribution in [1.82, 2.24) is 30.0 Å². The van der Waals surface area contributed by atoms with Gasteiger partial charge in [-0.05, 0) is 57.4 Å². The normalized spacial score (nSPS) is 20.9. The minimum Gasteiger partial charge on any atom is -0.304 e. The molecule has 0 N–H and O–H groups in total. The molecule has 0 saturated carbocycles. The van der Waals surface area contributed by atoms with E-state index in [9.17, 15) is 0 Å². The Hall–Kier alpha value is -1.01. The van der Waals surface area contributed by atoms with Crippen molar-refractivity contribution in [2.75, 3.05) is 33.7 Å². The first-order chi connectivity index (χ1) is 8.10. The van der Waals surface area contributed by atoms with Crippen LogP contribution in [-0.4, -0.2) is 69.3 Å². The Balaban J connectivity index is 1.76. The van der Waals surface area contributed by atoms with Gasteiger partial charge in [0.05, 0.1) is 6.54 Å². The second-order valence-electron chi connectivity index (χ2n) is 5.31. The molecule has 96 valence electrons. The Kier molecular flexibility index (Phi) is 3.73. The van der Waals surface area contributed by atoms with E-state index in [1.165, 1.54) is 12.8 Å². The van der Waals surface area contributed by atoms with E-state index < -0.39 is 0 Å². The summed E-state index contributed by atoms with van der Waals surface area (Å²) in [5, 5.41) is 11.2. The van der Waals surface area contributed by atoms with Gasteiger partial charge >= 0.3 is 0 Å². The number of aromatic nitrogens is 4. The highest BCUT2D eigenvalue weighted by molar-refractivity contribution is 4.88. The van der Waals surface area contributed by atoms with Crippen LogP contribution in [0.25, 0.3) is 0 Å². The fourth-order valence-corrected chi connectivity index (χ4v) is 2.23. The van der Waals surface area contributed by atoms with E-state index in [0.29, 0.717) is 5.54 Å². The maximum absolute atomic E-state index is 3.88. The summed E-state index contributed by atoms with van der Waals surface area (Å²) in [4.78, 5) is 4.85. The average molecular weight is 238 g/mol. The molecule has 0 amide bonds. The largest absolute Gasteiger partial charge is 0.304 e. The summed E-state index contributed by atoms with van der Waals surface area (Å²) >= 11 is 0. The van der Waals surface area contributed by atoms with Crippen molar-refractivity contribution in [3.05, 3.63) is 6.33 Å². The predicted octanol–water partition coefficient (Wildman–Crippen LogP) is 0.0892. The highest BCUT2D eigenvalue weighted by atomic mass is 15.5. The minimum atomic E-state index is 0.366.